The Hall–Kier alpha value is -2.37. The van der Waals surface area contributed by atoms with E-state index in [1.165, 1.54) is 0 Å². The van der Waals surface area contributed by atoms with Crippen molar-refractivity contribution in [1.29, 1.82) is 0 Å². The third kappa shape index (κ3) is 2.57. The minimum atomic E-state index is -1.27. The van der Waals surface area contributed by atoms with E-state index in [1.807, 2.05) is 0 Å². The van der Waals surface area contributed by atoms with Crippen LogP contribution in [0.3, 0.4) is 0 Å². The number of benzene rings is 1. The molecule has 0 spiro atoms. The van der Waals surface area contributed by atoms with E-state index in [0.717, 1.165) is 24.3 Å². The first-order valence-corrected chi connectivity index (χ1v) is 4.21. The van der Waals surface area contributed by atoms with Crippen LogP contribution in [0.5, 0.6) is 0 Å². The molecule has 0 radical (unpaired) electrons. The lowest BCUT2D eigenvalue weighted by molar-refractivity contribution is -0.113. The lowest BCUT2D eigenvalue weighted by atomic mass is 10.1. The van der Waals surface area contributed by atoms with Crippen molar-refractivity contribution < 1.29 is 19.1 Å². The van der Waals surface area contributed by atoms with E-state index in [1.54, 1.807) is 0 Å². The van der Waals surface area contributed by atoms with E-state index in [4.69, 9.17) is 16.6 Å². The van der Waals surface area contributed by atoms with E-state index in [9.17, 15) is 14.0 Å². The standard InChI is InChI=1S/C10H9FN2O3/c11-7-4-8(12)6(10(15)16)3-5(7)1-2-9(13)14/h1-4H,12H2,(H2,13,14)(H,15,16). The van der Waals surface area contributed by atoms with Gasteiger partial charge in [-0.1, -0.05) is 0 Å². The third-order valence-corrected chi connectivity index (χ3v) is 1.83. The van der Waals surface area contributed by atoms with Crippen LogP contribution in [0.25, 0.3) is 6.08 Å². The Morgan fingerprint density at radius 3 is 2.50 bits per heavy atom. The van der Waals surface area contributed by atoms with Crippen molar-refractivity contribution in [3.8, 4) is 0 Å². The first kappa shape index (κ1) is 11.7. The number of carbonyl (C=O) groups is 2. The van der Waals surface area contributed by atoms with E-state index in [-0.39, 0.29) is 16.8 Å². The number of halogens is 1. The average Bonchev–Trinajstić information content (AvgIpc) is 2.15. The Morgan fingerprint density at radius 1 is 1.38 bits per heavy atom. The van der Waals surface area contributed by atoms with Crippen LogP contribution in [-0.2, 0) is 4.79 Å². The highest BCUT2D eigenvalue weighted by atomic mass is 19.1. The Morgan fingerprint density at radius 2 is 2.00 bits per heavy atom. The molecular formula is C10H9FN2O3. The van der Waals surface area contributed by atoms with Gasteiger partial charge in [-0.15, -0.1) is 0 Å². The van der Waals surface area contributed by atoms with Gasteiger partial charge in [0.25, 0.3) is 0 Å². The second-order valence-corrected chi connectivity index (χ2v) is 3.00. The highest BCUT2D eigenvalue weighted by molar-refractivity contribution is 5.95. The molecule has 0 aromatic heterocycles. The molecule has 0 heterocycles. The van der Waals surface area contributed by atoms with Crippen LogP contribution in [0.15, 0.2) is 18.2 Å². The summed E-state index contributed by atoms with van der Waals surface area (Å²) in [6, 6.07) is 1.91. The summed E-state index contributed by atoms with van der Waals surface area (Å²) in [4.78, 5) is 21.1. The largest absolute Gasteiger partial charge is 0.478 e. The fourth-order valence-electron chi connectivity index (χ4n) is 1.09. The SMILES string of the molecule is NC(=O)C=Cc1cc(C(=O)O)c(N)cc1F. The van der Waals surface area contributed by atoms with Gasteiger partial charge in [0.2, 0.25) is 5.91 Å². The maximum absolute atomic E-state index is 13.3. The number of carboxylic acids is 1. The average molecular weight is 224 g/mol. The second-order valence-electron chi connectivity index (χ2n) is 3.00. The summed E-state index contributed by atoms with van der Waals surface area (Å²) in [5.74, 6) is -2.75. The van der Waals surface area contributed by atoms with Crippen LogP contribution in [0.1, 0.15) is 15.9 Å². The van der Waals surface area contributed by atoms with Gasteiger partial charge in [-0.2, -0.15) is 0 Å². The molecule has 16 heavy (non-hydrogen) atoms. The van der Waals surface area contributed by atoms with Crippen LogP contribution in [-0.4, -0.2) is 17.0 Å². The van der Waals surface area contributed by atoms with Crippen molar-refractivity contribution in [3.63, 3.8) is 0 Å². The van der Waals surface area contributed by atoms with E-state index in [0.29, 0.717) is 0 Å². The van der Waals surface area contributed by atoms with Crippen LogP contribution in [0.2, 0.25) is 0 Å². The van der Waals surface area contributed by atoms with Crippen molar-refractivity contribution >= 4 is 23.6 Å². The molecule has 0 atom stereocenters. The first-order chi connectivity index (χ1) is 7.41. The molecule has 1 aromatic rings. The number of nitrogen functional groups attached to an aromatic ring is 1. The number of carboxylic acid groups (broad SMARTS) is 1. The Balaban J connectivity index is 3.25. The van der Waals surface area contributed by atoms with Crippen molar-refractivity contribution in [1.82, 2.24) is 0 Å². The molecule has 0 fully saturated rings. The number of nitrogens with two attached hydrogens (primary N) is 2. The molecule has 0 aliphatic rings. The van der Waals surface area contributed by atoms with E-state index in [2.05, 4.69) is 0 Å². The van der Waals surface area contributed by atoms with Crippen molar-refractivity contribution in [2.75, 3.05) is 5.73 Å². The fourth-order valence-corrected chi connectivity index (χ4v) is 1.09. The molecule has 0 saturated heterocycles. The summed E-state index contributed by atoms with van der Waals surface area (Å²) in [7, 11) is 0. The number of aromatic carboxylic acids is 1. The lowest BCUT2D eigenvalue weighted by Crippen LogP contribution is -2.06. The fraction of sp³-hybridized carbons (Fsp3) is 0. The molecule has 0 unspecified atom stereocenters. The summed E-state index contributed by atoms with van der Waals surface area (Å²) >= 11 is 0. The Kier molecular flexibility index (Phi) is 3.24. The van der Waals surface area contributed by atoms with Crippen LogP contribution in [0, 0.1) is 5.82 Å². The smallest absolute Gasteiger partial charge is 0.337 e. The van der Waals surface area contributed by atoms with Gasteiger partial charge in [0.1, 0.15) is 5.82 Å². The minimum absolute atomic E-state index is 0.0644. The highest BCUT2D eigenvalue weighted by Gasteiger charge is 2.11. The summed E-state index contributed by atoms with van der Waals surface area (Å²) in [6.07, 6.45) is 2.02. The zero-order valence-electron chi connectivity index (χ0n) is 8.11. The Bertz CT molecular complexity index is 483. The summed E-state index contributed by atoms with van der Waals surface area (Å²) < 4.78 is 13.3. The van der Waals surface area contributed by atoms with Crippen LogP contribution < -0.4 is 11.5 Å². The molecule has 1 rings (SSSR count). The first-order valence-electron chi connectivity index (χ1n) is 4.21. The van der Waals surface area contributed by atoms with Gasteiger partial charge in [0.05, 0.1) is 5.56 Å². The number of hydrogen-bond acceptors (Lipinski definition) is 3. The molecule has 6 heteroatoms. The van der Waals surface area contributed by atoms with Gasteiger partial charge in [-0.3, -0.25) is 4.79 Å². The second kappa shape index (κ2) is 4.43. The number of carbonyl (C=O) groups excluding carboxylic acids is 1. The molecule has 5 N–H and O–H groups in total. The number of amides is 1. The molecule has 0 saturated carbocycles. The molecule has 84 valence electrons. The number of anilines is 1. The van der Waals surface area contributed by atoms with Gasteiger partial charge < -0.3 is 16.6 Å². The Labute approximate surface area is 90.2 Å². The monoisotopic (exact) mass is 224 g/mol. The maximum Gasteiger partial charge on any atom is 0.337 e. The van der Waals surface area contributed by atoms with Gasteiger partial charge in [-0.05, 0) is 18.2 Å². The molecule has 0 bridgehead atoms. The van der Waals surface area contributed by atoms with Crippen molar-refractivity contribution in [2.45, 2.75) is 0 Å². The maximum atomic E-state index is 13.3. The van der Waals surface area contributed by atoms with Gasteiger partial charge in [0.15, 0.2) is 0 Å². The lowest BCUT2D eigenvalue weighted by Gasteiger charge is -2.03. The van der Waals surface area contributed by atoms with Crippen LogP contribution >= 0.6 is 0 Å². The zero-order chi connectivity index (χ0) is 12.3. The quantitative estimate of drug-likeness (QED) is 0.516. The molecule has 1 amide bonds. The number of rotatable bonds is 3. The van der Waals surface area contributed by atoms with E-state index < -0.39 is 17.7 Å². The van der Waals surface area contributed by atoms with Crippen molar-refractivity contribution in [2.24, 2.45) is 5.73 Å². The van der Waals surface area contributed by atoms with Gasteiger partial charge in [0, 0.05) is 17.3 Å². The van der Waals surface area contributed by atoms with Gasteiger partial charge >= 0.3 is 5.97 Å². The van der Waals surface area contributed by atoms with Crippen molar-refractivity contribution in [3.05, 3.63) is 35.2 Å². The van der Waals surface area contributed by atoms with Crippen LogP contribution in [0.4, 0.5) is 10.1 Å². The predicted molar refractivity (Wildman–Crippen MR) is 56.0 cm³/mol. The summed E-state index contributed by atoms with van der Waals surface area (Å²) in [5, 5.41) is 8.74. The summed E-state index contributed by atoms with van der Waals surface area (Å²) in [6.45, 7) is 0. The zero-order valence-corrected chi connectivity index (χ0v) is 8.11. The van der Waals surface area contributed by atoms with Gasteiger partial charge in [-0.25, -0.2) is 9.18 Å². The predicted octanol–water partition coefficient (Wildman–Crippen LogP) is 0.605. The molecule has 5 nitrogen and oxygen atoms in total. The third-order valence-electron chi connectivity index (χ3n) is 1.83. The minimum Gasteiger partial charge on any atom is -0.478 e. The normalized spacial score (nSPS) is 10.6. The molecule has 0 aliphatic heterocycles. The molecular weight excluding hydrogens is 215 g/mol. The topological polar surface area (TPSA) is 106 Å². The highest BCUT2D eigenvalue weighted by Crippen LogP contribution is 2.19. The van der Waals surface area contributed by atoms with E-state index >= 15 is 0 Å². The summed E-state index contributed by atoms with van der Waals surface area (Å²) in [5.41, 5.74) is 9.66. The molecule has 1 aromatic carbocycles. The number of primary amides is 1. The number of hydrogen-bond donors (Lipinski definition) is 3. The molecule has 0 aliphatic carbocycles.